The van der Waals surface area contributed by atoms with Crippen molar-refractivity contribution in [1.82, 2.24) is 0 Å². The molecule has 1 heterocycles. The van der Waals surface area contributed by atoms with E-state index in [9.17, 15) is 0 Å². The van der Waals surface area contributed by atoms with Crippen LogP contribution in [0.5, 0.6) is 5.75 Å². The molecule has 1 aromatic carbocycles. The predicted molar refractivity (Wildman–Crippen MR) is 67.6 cm³/mol. The average molecular weight is 234 g/mol. The number of benzene rings is 1. The van der Waals surface area contributed by atoms with Gasteiger partial charge in [0.25, 0.3) is 0 Å². The van der Waals surface area contributed by atoms with E-state index >= 15 is 0 Å². The van der Waals surface area contributed by atoms with E-state index in [4.69, 9.17) is 15.2 Å². The van der Waals surface area contributed by atoms with Gasteiger partial charge in [0.15, 0.2) is 0 Å². The van der Waals surface area contributed by atoms with Crippen LogP contribution < -0.4 is 10.5 Å². The van der Waals surface area contributed by atoms with Crippen LogP contribution >= 0.6 is 0 Å². The van der Waals surface area contributed by atoms with E-state index in [1.165, 1.54) is 0 Å². The zero-order chi connectivity index (χ0) is 12.1. The third-order valence-electron chi connectivity index (χ3n) is 2.76. The van der Waals surface area contributed by atoms with E-state index in [-0.39, 0.29) is 6.10 Å². The minimum absolute atomic E-state index is 0.180. The van der Waals surface area contributed by atoms with Gasteiger partial charge in [0, 0.05) is 5.56 Å². The zero-order valence-corrected chi connectivity index (χ0v) is 10.1. The van der Waals surface area contributed by atoms with Crippen molar-refractivity contribution in [3.8, 4) is 5.75 Å². The number of nitrogens with two attached hydrogens (primary N) is 1. The molecule has 0 saturated heterocycles. The van der Waals surface area contributed by atoms with E-state index < -0.39 is 0 Å². The van der Waals surface area contributed by atoms with Crippen molar-refractivity contribution in [1.29, 1.82) is 0 Å². The molecule has 2 rings (SSSR count). The molecule has 0 aliphatic carbocycles. The summed E-state index contributed by atoms with van der Waals surface area (Å²) in [6.07, 6.45) is 2.12. The minimum atomic E-state index is 0.180. The maximum atomic E-state index is 5.79. The molecule has 2 N–H and O–H groups in total. The van der Waals surface area contributed by atoms with Crippen molar-refractivity contribution in [2.45, 2.75) is 18.9 Å². The summed E-state index contributed by atoms with van der Waals surface area (Å²) < 4.78 is 11.0. The first-order valence-corrected chi connectivity index (χ1v) is 5.89. The number of hydrogen-bond donors (Lipinski definition) is 1. The highest BCUT2D eigenvalue weighted by molar-refractivity contribution is 5.95. The maximum Gasteiger partial charge on any atom is 0.216 e. The molecule has 0 amide bonds. The molecule has 1 unspecified atom stereocenters. The molecular weight excluding hydrogens is 216 g/mol. The second kappa shape index (κ2) is 5.68. The normalized spacial score (nSPS) is 18.7. The molecule has 92 valence electrons. The largest absolute Gasteiger partial charge is 0.497 e. The minimum Gasteiger partial charge on any atom is -0.497 e. The van der Waals surface area contributed by atoms with Gasteiger partial charge in [0.2, 0.25) is 5.90 Å². The molecule has 1 aliphatic rings. The summed E-state index contributed by atoms with van der Waals surface area (Å²) in [5.41, 5.74) is 6.45. The lowest BCUT2D eigenvalue weighted by molar-refractivity contribution is 0.211. The summed E-state index contributed by atoms with van der Waals surface area (Å²) in [7, 11) is 1.65. The van der Waals surface area contributed by atoms with Gasteiger partial charge in [0.05, 0.1) is 13.7 Å². The van der Waals surface area contributed by atoms with E-state index in [2.05, 4.69) is 4.99 Å². The van der Waals surface area contributed by atoms with Crippen LogP contribution in [0.4, 0.5) is 0 Å². The van der Waals surface area contributed by atoms with Crippen molar-refractivity contribution >= 4 is 5.90 Å². The third kappa shape index (κ3) is 2.97. The fraction of sp³-hybridized carbons (Fsp3) is 0.462. The number of nitrogens with zero attached hydrogens (tertiary/aromatic N) is 1. The predicted octanol–water partition coefficient (Wildman–Crippen LogP) is 1.58. The summed E-state index contributed by atoms with van der Waals surface area (Å²) in [5, 5.41) is 0. The standard InChI is InChI=1S/C13H18N2O2/c1-16-11-5-2-4-10(8-11)13-15-9-12(17-13)6-3-7-14/h2,4-5,8,12H,3,6-7,9,14H2,1H3. The van der Waals surface area contributed by atoms with Gasteiger partial charge in [-0.1, -0.05) is 6.07 Å². The van der Waals surface area contributed by atoms with Gasteiger partial charge in [-0.15, -0.1) is 0 Å². The molecule has 4 nitrogen and oxygen atoms in total. The Morgan fingerprint density at radius 2 is 2.41 bits per heavy atom. The summed E-state index contributed by atoms with van der Waals surface area (Å²) in [6.45, 7) is 1.43. The molecule has 17 heavy (non-hydrogen) atoms. The van der Waals surface area contributed by atoms with Crippen LogP contribution in [0.15, 0.2) is 29.3 Å². The van der Waals surface area contributed by atoms with Crippen LogP contribution in [-0.2, 0) is 4.74 Å². The van der Waals surface area contributed by atoms with Crippen molar-refractivity contribution in [3.05, 3.63) is 29.8 Å². The Morgan fingerprint density at radius 1 is 1.53 bits per heavy atom. The number of ether oxygens (including phenoxy) is 2. The SMILES string of the molecule is COc1cccc(C2=NCC(CCCN)O2)c1. The quantitative estimate of drug-likeness (QED) is 0.841. The summed E-state index contributed by atoms with van der Waals surface area (Å²) >= 11 is 0. The maximum absolute atomic E-state index is 5.79. The highest BCUT2D eigenvalue weighted by atomic mass is 16.5. The molecule has 0 saturated carbocycles. The first-order valence-electron chi connectivity index (χ1n) is 5.89. The van der Waals surface area contributed by atoms with E-state index in [0.29, 0.717) is 12.4 Å². The number of hydrogen-bond acceptors (Lipinski definition) is 4. The van der Waals surface area contributed by atoms with Gasteiger partial charge in [-0.2, -0.15) is 0 Å². The molecule has 1 aromatic rings. The van der Waals surface area contributed by atoms with Gasteiger partial charge in [-0.05, 0) is 37.6 Å². The Labute approximate surface area is 101 Å². The molecule has 1 atom stereocenters. The van der Waals surface area contributed by atoms with E-state index in [1.807, 2.05) is 24.3 Å². The molecule has 1 aliphatic heterocycles. The highest BCUT2D eigenvalue weighted by Gasteiger charge is 2.20. The lowest BCUT2D eigenvalue weighted by Gasteiger charge is -2.10. The van der Waals surface area contributed by atoms with Crippen molar-refractivity contribution < 1.29 is 9.47 Å². The Morgan fingerprint density at radius 3 is 3.18 bits per heavy atom. The molecule has 0 fully saturated rings. The average Bonchev–Trinajstić information content (AvgIpc) is 2.85. The van der Waals surface area contributed by atoms with Gasteiger partial charge in [-0.25, -0.2) is 4.99 Å². The summed E-state index contributed by atoms with van der Waals surface area (Å²) in [4.78, 5) is 4.41. The van der Waals surface area contributed by atoms with Crippen LogP contribution in [0.3, 0.4) is 0 Å². The third-order valence-corrected chi connectivity index (χ3v) is 2.76. The molecule has 0 bridgehead atoms. The molecule has 0 spiro atoms. The van der Waals surface area contributed by atoms with Crippen LogP contribution in [0.25, 0.3) is 0 Å². The van der Waals surface area contributed by atoms with Crippen LogP contribution in [0, 0.1) is 0 Å². The fourth-order valence-corrected chi connectivity index (χ4v) is 1.83. The second-order valence-corrected chi connectivity index (χ2v) is 4.05. The van der Waals surface area contributed by atoms with Crippen molar-refractivity contribution in [2.75, 3.05) is 20.2 Å². The van der Waals surface area contributed by atoms with Gasteiger partial charge < -0.3 is 15.2 Å². The first kappa shape index (κ1) is 11.9. The smallest absolute Gasteiger partial charge is 0.216 e. The first-order chi connectivity index (χ1) is 8.33. The van der Waals surface area contributed by atoms with E-state index in [1.54, 1.807) is 7.11 Å². The zero-order valence-electron chi connectivity index (χ0n) is 10.1. The molecule has 0 aromatic heterocycles. The summed E-state index contributed by atoms with van der Waals surface area (Å²) in [6, 6.07) is 7.76. The lowest BCUT2D eigenvalue weighted by atomic mass is 10.2. The topological polar surface area (TPSA) is 56.8 Å². The number of aliphatic imine (C=N–C) groups is 1. The van der Waals surface area contributed by atoms with Gasteiger partial charge in [0.1, 0.15) is 11.9 Å². The van der Waals surface area contributed by atoms with Crippen LogP contribution in [0.1, 0.15) is 18.4 Å². The fourth-order valence-electron chi connectivity index (χ4n) is 1.83. The van der Waals surface area contributed by atoms with Crippen LogP contribution in [-0.4, -0.2) is 32.2 Å². The Bertz CT molecular complexity index is 404. The van der Waals surface area contributed by atoms with Crippen LogP contribution in [0.2, 0.25) is 0 Å². The lowest BCUT2D eigenvalue weighted by Crippen LogP contribution is -2.15. The monoisotopic (exact) mass is 234 g/mol. The second-order valence-electron chi connectivity index (χ2n) is 4.05. The molecule has 4 heteroatoms. The van der Waals surface area contributed by atoms with Crippen molar-refractivity contribution in [3.63, 3.8) is 0 Å². The van der Waals surface area contributed by atoms with Crippen molar-refractivity contribution in [2.24, 2.45) is 10.7 Å². The highest BCUT2D eigenvalue weighted by Crippen LogP contribution is 2.19. The Balaban J connectivity index is 1.99. The number of rotatable bonds is 5. The van der Waals surface area contributed by atoms with E-state index in [0.717, 1.165) is 30.7 Å². The Kier molecular flexibility index (Phi) is 3.98. The summed E-state index contributed by atoms with van der Waals surface area (Å²) in [5.74, 6) is 1.53. The van der Waals surface area contributed by atoms with Gasteiger partial charge >= 0.3 is 0 Å². The Hall–Kier alpha value is -1.55. The van der Waals surface area contributed by atoms with Gasteiger partial charge in [-0.3, -0.25) is 0 Å². The molecule has 0 radical (unpaired) electrons. The molecular formula is C13H18N2O2. The number of methoxy groups -OCH3 is 1.